The third-order valence-corrected chi connectivity index (χ3v) is 7.34. The Kier molecular flexibility index (Phi) is 5.55. The van der Waals surface area contributed by atoms with Gasteiger partial charge in [0.25, 0.3) is 0 Å². The number of halogens is 2. The van der Waals surface area contributed by atoms with Crippen LogP contribution in [0.1, 0.15) is 23.1 Å². The highest BCUT2D eigenvalue weighted by molar-refractivity contribution is 7.99. The molecule has 0 saturated carbocycles. The van der Waals surface area contributed by atoms with Crippen molar-refractivity contribution in [3.05, 3.63) is 71.0 Å². The third kappa shape index (κ3) is 3.81. The van der Waals surface area contributed by atoms with E-state index < -0.39 is 22.5 Å². The van der Waals surface area contributed by atoms with Crippen LogP contribution in [0.5, 0.6) is 0 Å². The molecule has 7 nitrogen and oxygen atoms in total. The molecule has 0 saturated heterocycles. The molecule has 4 aromatic rings. The first-order valence-corrected chi connectivity index (χ1v) is 10.7. The molecule has 0 amide bonds. The predicted molar refractivity (Wildman–Crippen MR) is 109 cm³/mol. The monoisotopic (exact) mass is 446 g/mol. The first-order valence-electron chi connectivity index (χ1n) is 8.88. The Morgan fingerprint density at radius 2 is 2.23 bits per heavy atom. The van der Waals surface area contributed by atoms with Gasteiger partial charge in [-0.05, 0) is 6.07 Å². The Balaban J connectivity index is 1.60. The van der Waals surface area contributed by atoms with E-state index in [9.17, 15) is 13.9 Å². The summed E-state index contributed by atoms with van der Waals surface area (Å²) in [7, 11) is 0. The van der Waals surface area contributed by atoms with Crippen LogP contribution >= 0.6 is 23.1 Å². The molecule has 4 rings (SSSR count). The summed E-state index contributed by atoms with van der Waals surface area (Å²) in [6.45, 7) is 1.74. The Morgan fingerprint density at radius 1 is 1.40 bits per heavy atom. The molecular formula is C19H16F2N6OS2. The lowest BCUT2D eigenvalue weighted by atomic mass is 9.90. The van der Waals surface area contributed by atoms with Crippen molar-refractivity contribution in [3.8, 4) is 6.07 Å². The zero-order valence-corrected chi connectivity index (χ0v) is 17.4. The Labute approximate surface area is 178 Å². The maximum Gasteiger partial charge on any atom is 0.194 e. The molecule has 1 N–H and O–H groups in total. The van der Waals surface area contributed by atoms with E-state index >= 15 is 0 Å². The second kappa shape index (κ2) is 8.14. The minimum Gasteiger partial charge on any atom is -0.382 e. The normalized spacial score (nSPS) is 14.5. The first-order chi connectivity index (χ1) is 14.4. The lowest BCUT2D eigenvalue weighted by molar-refractivity contribution is 0.0133. The average molecular weight is 447 g/mol. The standard InChI is InChI=1S/C19H16F2N6OS2/c1-12(29-8-15-7-27-14(5-22)6-24-18(27)30-15)19(28,9-26-11-23-10-25-26)16-3-2-13(20)4-17(16)21/h2-4,6-7,10-12,28H,8-9H2,1H3/t12-,19-/m1/s1. The maximum atomic E-state index is 14.6. The lowest BCUT2D eigenvalue weighted by Crippen LogP contribution is -2.41. The second-order valence-electron chi connectivity index (χ2n) is 6.70. The van der Waals surface area contributed by atoms with Crippen LogP contribution in [0, 0.1) is 23.0 Å². The van der Waals surface area contributed by atoms with Crippen LogP contribution in [0.25, 0.3) is 4.96 Å². The van der Waals surface area contributed by atoms with Crippen LogP contribution in [-0.4, -0.2) is 34.5 Å². The van der Waals surface area contributed by atoms with Gasteiger partial charge in [0.1, 0.15) is 41.7 Å². The molecule has 0 fully saturated rings. The fraction of sp³-hybridized carbons (Fsp3) is 0.263. The Hall–Kier alpha value is -2.81. The summed E-state index contributed by atoms with van der Waals surface area (Å²) in [6.07, 6.45) is 6.11. The van der Waals surface area contributed by atoms with Gasteiger partial charge in [0.2, 0.25) is 0 Å². The summed E-state index contributed by atoms with van der Waals surface area (Å²) >= 11 is 2.85. The predicted octanol–water partition coefficient (Wildman–Crippen LogP) is 3.35. The Bertz CT molecular complexity index is 1220. The molecule has 154 valence electrons. The van der Waals surface area contributed by atoms with E-state index in [1.54, 1.807) is 11.3 Å². The van der Waals surface area contributed by atoms with Gasteiger partial charge in [-0.15, -0.1) is 23.1 Å². The molecule has 3 heterocycles. The second-order valence-corrected chi connectivity index (χ2v) is 9.12. The van der Waals surface area contributed by atoms with Crippen LogP contribution in [-0.2, 0) is 17.9 Å². The fourth-order valence-electron chi connectivity index (χ4n) is 3.16. The smallest absolute Gasteiger partial charge is 0.194 e. The number of hydrogen-bond acceptors (Lipinski definition) is 7. The van der Waals surface area contributed by atoms with E-state index in [1.165, 1.54) is 52.7 Å². The average Bonchev–Trinajstić information content (AvgIpc) is 3.43. The van der Waals surface area contributed by atoms with Crippen molar-refractivity contribution in [3.63, 3.8) is 0 Å². The first kappa shape index (κ1) is 20.5. The van der Waals surface area contributed by atoms with Crippen LogP contribution in [0.15, 0.2) is 43.2 Å². The molecule has 3 aromatic heterocycles. The van der Waals surface area contributed by atoms with E-state index in [-0.39, 0.29) is 12.1 Å². The quantitative estimate of drug-likeness (QED) is 0.468. The Morgan fingerprint density at radius 3 is 2.93 bits per heavy atom. The number of thioether (sulfide) groups is 1. The molecular weight excluding hydrogens is 430 g/mol. The van der Waals surface area contributed by atoms with Gasteiger partial charge in [-0.3, -0.25) is 4.40 Å². The number of aromatic nitrogens is 5. The molecule has 0 radical (unpaired) electrons. The van der Waals surface area contributed by atoms with E-state index in [0.717, 1.165) is 17.0 Å². The van der Waals surface area contributed by atoms with Crippen molar-refractivity contribution in [1.29, 1.82) is 5.26 Å². The van der Waals surface area contributed by atoms with Crippen molar-refractivity contribution in [1.82, 2.24) is 24.1 Å². The van der Waals surface area contributed by atoms with Gasteiger partial charge in [0, 0.05) is 33.7 Å². The molecule has 0 aliphatic heterocycles. The molecule has 0 spiro atoms. The highest BCUT2D eigenvalue weighted by Crippen LogP contribution is 2.38. The topological polar surface area (TPSA) is 92.0 Å². The molecule has 2 atom stereocenters. The van der Waals surface area contributed by atoms with E-state index in [1.807, 2.05) is 6.20 Å². The summed E-state index contributed by atoms with van der Waals surface area (Å²) in [5.74, 6) is -1.02. The van der Waals surface area contributed by atoms with E-state index in [0.29, 0.717) is 16.4 Å². The zero-order chi connectivity index (χ0) is 21.3. The van der Waals surface area contributed by atoms with Gasteiger partial charge >= 0.3 is 0 Å². The van der Waals surface area contributed by atoms with E-state index in [2.05, 4.69) is 21.1 Å². The van der Waals surface area contributed by atoms with Crippen molar-refractivity contribution in [2.75, 3.05) is 0 Å². The maximum absolute atomic E-state index is 14.6. The molecule has 1 aromatic carbocycles. The summed E-state index contributed by atoms with van der Waals surface area (Å²) in [4.78, 5) is 9.73. The summed E-state index contributed by atoms with van der Waals surface area (Å²) in [5.41, 5.74) is -1.22. The van der Waals surface area contributed by atoms with Crippen molar-refractivity contribution in [2.45, 2.75) is 30.1 Å². The number of benzene rings is 1. The molecule has 0 aliphatic carbocycles. The number of nitrogens with zero attached hydrogens (tertiary/aromatic N) is 6. The number of rotatable bonds is 7. The largest absolute Gasteiger partial charge is 0.382 e. The van der Waals surface area contributed by atoms with Crippen LogP contribution < -0.4 is 0 Å². The lowest BCUT2D eigenvalue weighted by Gasteiger charge is -2.34. The third-order valence-electron chi connectivity index (χ3n) is 4.79. The summed E-state index contributed by atoms with van der Waals surface area (Å²) < 4.78 is 31.1. The van der Waals surface area contributed by atoms with Crippen molar-refractivity contribution >= 4 is 28.1 Å². The van der Waals surface area contributed by atoms with Gasteiger partial charge < -0.3 is 5.11 Å². The van der Waals surface area contributed by atoms with Gasteiger partial charge in [-0.25, -0.2) is 23.4 Å². The van der Waals surface area contributed by atoms with Crippen LogP contribution in [0.2, 0.25) is 0 Å². The number of nitriles is 1. The van der Waals surface area contributed by atoms with Gasteiger partial charge in [-0.2, -0.15) is 10.4 Å². The van der Waals surface area contributed by atoms with Gasteiger partial charge in [-0.1, -0.05) is 13.0 Å². The minimum absolute atomic E-state index is 0.00727. The summed E-state index contributed by atoms with van der Waals surface area (Å²) in [6, 6.07) is 5.23. The zero-order valence-electron chi connectivity index (χ0n) is 15.7. The summed E-state index contributed by atoms with van der Waals surface area (Å²) in [5, 5.41) is 24.2. The minimum atomic E-state index is -1.66. The molecule has 30 heavy (non-hydrogen) atoms. The van der Waals surface area contributed by atoms with Gasteiger partial charge in [0.15, 0.2) is 4.96 Å². The number of aliphatic hydroxyl groups is 1. The number of imidazole rings is 1. The number of hydrogen-bond donors (Lipinski definition) is 1. The number of fused-ring (bicyclic) bond motifs is 1. The molecule has 0 bridgehead atoms. The van der Waals surface area contributed by atoms with Gasteiger partial charge in [0.05, 0.1) is 12.7 Å². The SMILES string of the molecule is C[C@@H](SCc1cn2c(C#N)cnc2s1)[C@](O)(Cn1cncn1)c1ccc(F)cc1F. The van der Waals surface area contributed by atoms with Crippen molar-refractivity contribution < 1.29 is 13.9 Å². The molecule has 11 heteroatoms. The number of thiazole rings is 1. The van der Waals surface area contributed by atoms with Crippen molar-refractivity contribution in [2.24, 2.45) is 0 Å². The highest BCUT2D eigenvalue weighted by Gasteiger charge is 2.39. The highest BCUT2D eigenvalue weighted by atomic mass is 32.2. The van der Waals surface area contributed by atoms with E-state index in [4.69, 9.17) is 5.26 Å². The fourth-order valence-corrected chi connectivity index (χ4v) is 5.31. The van der Waals surface area contributed by atoms with Crippen LogP contribution in [0.4, 0.5) is 8.78 Å². The molecule has 0 aliphatic rings. The van der Waals surface area contributed by atoms with Crippen LogP contribution in [0.3, 0.4) is 0 Å². The molecule has 0 unspecified atom stereocenters.